The van der Waals surface area contributed by atoms with Gasteiger partial charge in [0.05, 0.1) is 19.0 Å². The number of nitrogen functional groups attached to an aromatic ring is 1. The number of esters is 1. The van der Waals surface area contributed by atoms with Gasteiger partial charge in [-0.25, -0.2) is 22.7 Å². The van der Waals surface area contributed by atoms with Crippen molar-refractivity contribution in [3.05, 3.63) is 59.1 Å². The van der Waals surface area contributed by atoms with E-state index in [2.05, 4.69) is 20.0 Å². The van der Waals surface area contributed by atoms with Gasteiger partial charge in [-0.05, 0) is 43.7 Å². The number of rotatable bonds is 11. The third-order valence-corrected chi connectivity index (χ3v) is 8.58. The van der Waals surface area contributed by atoms with E-state index in [9.17, 15) is 28.0 Å². The minimum absolute atomic E-state index is 0.0270. The summed E-state index contributed by atoms with van der Waals surface area (Å²) < 4.78 is 81.5. The molecule has 3 heterocycles. The van der Waals surface area contributed by atoms with Crippen LogP contribution in [0.25, 0.3) is 21.9 Å². The number of fused-ring (bicyclic) bond motifs is 2. The van der Waals surface area contributed by atoms with Crippen LogP contribution in [0.15, 0.2) is 53.6 Å². The van der Waals surface area contributed by atoms with E-state index in [-0.39, 0.29) is 22.9 Å². The Kier molecular flexibility index (Phi) is 8.92. The standard InChI is InChI=1S/C27H30F3N6O8P/c1-13(2)42-24(39)14(3)35-45(40,44-17-9-8-15-6-4-5-7-16(15)10-17)41-11-27(25(29)30)20(28)19(37)23(43-27)36-12-32-18-21(36)33-26(31)34-22(18)38/h4-10,12-14,19-20,23,25,37H,11H2,1-3H3,(H,35,40)(H3,31,33,34,38)/t14-,19+,20+,23+,27+,45?/m0/s1. The van der Waals surface area contributed by atoms with Gasteiger partial charge in [-0.2, -0.15) is 10.1 Å². The van der Waals surface area contributed by atoms with Crippen molar-refractivity contribution in [3.8, 4) is 5.75 Å². The van der Waals surface area contributed by atoms with Gasteiger partial charge in [-0.15, -0.1) is 0 Å². The van der Waals surface area contributed by atoms with Gasteiger partial charge >= 0.3 is 13.7 Å². The molecule has 6 atom stereocenters. The van der Waals surface area contributed by atoms with E-state index >= 15 is 4.39 Å². The maximum absolute atomic E-state index is 15.7. The third-order valence-electron chi connectivity index (χ3n) is 6.96. The number of aliphatic hydroxyl groups excluding tert-OH is 1. The number of aromatic nitrogens is 4. The number of carbonyl (C=O) groups excluding carboxylic acids is 1. The molecule has 2 aromatic heterocycles. The summed E-state index contributed by atoms with van der Waals surface area (Å²) in [6.07, 6.45) is -10.2. The summed E-state index contributed by atoms with van der Waals surface area (Å²) in [5.41, 5.74) is 1.05. The Bertz CT molecular complexity index is 1820. The van der Waals surface area contributed by atoms with Gasteiger partial charge < -0.3 is 24.8 Å². The normalized spacial score (nSPS) is 23.9. The minimum atomic E-state index is -4.79. The lowest BCUT2D eigenvalue weighted by Crippen LogP contribution is -2.51. The van der Waals surface area contributed by atoms with Crippen LogP contribution in [0.5, 0.6) is 5.75 Å². The summed E-state index contributed by atoms with van der Waals surface area (Å²) in [6, 6.07) is 10.4. The van der Waals surface area contributed by atoms with Crippen LogP contribution in [0.3, 0.4) is 0 Å². The van der Waals surface area contributed by atoms with Gasteiger partial charge in [-0.1, -0.05) is 30.3 Å². The van der Waals surface area contributed by atoms with E-state index in [0.717, 1.165) is 16.3 Å². The number of nitrogens with zero attached hydrogens (tertiary/aromatic N) is 3. The van der Waals surface area contributed by atoms with Crippen molar-refractivity contribution in [2.24, 2.45) is 0 Å². The molecule has 2 aromatic carbocycles. The van der Waals surface area contributed by atoms with Gasteiger partial charge in [0.2, 0.25) is 5.95 Å². The Morgan fingerprint density at radius 1 is 1.24 bits per heavy atom. The first-order valence-electron chi connectivity index (χ1n) is 13.6. The Labute approximate surface area is 253 Å². The van der Waals surface area contributed by atoms with Crippen LogP contribution >= 0.6 is 7.75 Å². The highest BCUT2D eigenvalue weighted by atomic mass is 31.2. The Morgan fingerprint density at radius 3 is 2.64 bits per heavy atom. The van der Waals surface area contributed by atoms with Crippen LogP contribution in [0.1, 0.15) is 27.0 Å². The number of aromatic amines is 1. The molecule has 0 radical (unpaired) electrons. The zero-order chi connectivity index (χ0) is 32.7. The predicted molar refractivity (Wildman–Crippen MR) is 154 cm³/mol. The van der Waals surface area contributed by atoms with Crippen LogP contribution in [0, 0.1) is 0 Å². The first kappa shape index (κ1) is 32.4. The van der Waals surface area contributed by atoms with Gasteiger partial charge in [0.15, 0.2) is 29.2 Å². The van der Waals surface area contributed by atoms with Crippen LogP contribution in [-0.4, -0.2) is 73.6 Å². The van der Waals surface area contributed by atoms with Gasteiger partial charge in [-0.3, -0.25) is 23.7 Å². The van der Waals surface area contributed by atoms with Crippen LogP contribution in [0.4, 0.5) is 19.1 Å². The molecule has 0 bridgehead atoms. The number of H-pyrrole nitrogens is 1. The van der Waals surface area contributed by atoms with Crippen molar-refractivity contribution in [1.29, 1.82) is 0 Å². The smallest absolute Gasteiger partial charge is 0.459 e. The SMILES string of the molecule is CC(C)OC(=O)[C@H](C)NP(=O)(OC[C@@]1(C(F)F)O[C@@H](n2cnc3c(=O)[nH]c(N)nc32)[C@H](O)[C@H]1F)Oc1ccc2ccccc2c1. The molecule has 0 amide bonds. The third kappa shape index (κ3) is 6.39. The molecular weight excluding hydrogens is 624 g/mol. The van der Waals surface area contributed by atoms with E-state index in [0.29, 0.717) is 5.39 Å². The minimum Gasteiger partial charge on any atom is -0.462 e. The molecule has 0 saturated carbocycles. The van der Waals surface area contributed by atoms with E-state index in [1.165, 1.54) is 19.1 Å². The summed E-state index contributed by atoms with van der Waals surface area (Å²) in [6.45, 7) is 3.03. The molecule has 4 aromatic rings. The van der Waals surface area contributed by atoms with Crippen molar-refractivity contribution >= 4 is 41.6 Å². The maximum Gasteiger partial charge on any atom is 0.459 e. The fourth-order valence-corrected chi connectivity index (χ4v) is 6.28. The van der Waals surface area contributed by atoms with E-state index in [1.54, 1.807) is 38.1 Å². The van der Waals surface area contributed by atoms with Crippen LogP contribution in [-0.2, 0) is 23.4 Å². The first-order chi connectivity index (χ1) is 21.2. The number of imidazole rings is 1. The largest absolute Gasteiger partial charge is 0.462 e. The Hall–Kier alpha value is -4.02. The Balaban J connectivity index is 1.46. The number of anilines is 1. The molecule has 5 rings (SSSR count). The average molecular weight is 655 g/mol. The number of alkyl halides is 3. The molecule has 1 fully saturated rings. The quantitative estimate of drug-likeness (QED) is 0.137. The molecular formula is C27H30F3N6O8P. The molecule has 18 heteroatoms. The molecule has 14 nitrogen and oxygen atoms in total. The fourth-order valence-electron chi connectivity index (χ4n) is 4.76. The molecule has 1 aliphatic heterocycles. The highest BCUT2D eigenvalue weighted by Crippen LogP contribution is 2.50. The second-order valence-electron chi connectivity index (χ2n) is 10.6. The number of ether oxygens (including phenoxy) is 2. The monoisotopic (exact) mass is 654 g/mol. The van der Waals surface area contributed by atoms with Crippen LogP contribution < -0.4 is 20.9 Å². The number of halogens is 3. The molecule has 0 spiro atoms. The number of nitrogens with two attached hydrogens (primary N) is 1. The second-order valence-corrected chi connectivity index (χ2v) is 12.3. The molecule has 1 saturated heterocycles. The van der Waals surface area contributed by atoms with Gasteiger partial charge in [0.25, 0.3) is 12.0 Å². The number of hydrogen-bond acceptors (Lipinski definition) is 11. The molecule has 5 N–H and O–H groups in total. The predicted octanol–water partition coefficient (Wildman–Crippen LogP) is 3.22. The lowest BCUT2D eigenvalue weighted by Gasteiger charge is -2.31. The molecule has 1 unspecified atom stereocenters. The number of hydrogen-bond donors (Lipinski definition) is 4. The van der Waals surface area contributed by atoms with Crippen molar-refractivity contribution in [2.45, 2.75) is 63.4 Å². The van der Waals surface area contributed by atoms with Crippen molar-refractivity contribution in [1.82, 2.24) is 24.6 Å². The van der Waals surface area contributed by atoms with Crippen molar-refractivity contribution < 1.29 is 46.2 Å². The second kappa shape index (κ2) is 12.4. The number of nitrogens with one attached hydrogen (secondary N) is 2. The number of aliphatic hydroxyl groups is 1. The summed E-state index contributed by atoms with van der Waals surface area (Å²) >= 11 is 0. The lowest BCUT2D eigenvalue weighted by molar-refractivity contribution is -0.182. The summed E-state index contributed by atoms with van der Waals surface area (Å²) in [7, 11) is -4.79. The molecule has 0 aliphatic carbocycles. The van der Waals surface area contributed by atoms with E-state index < -0.39 is 68.6 Å². The van der Waals surface area contributed by atoms with E-state index in [4.69, 9.17) is 24.3 Å². The summed E-state index contributed by atoms with van der Waals surface area (Å²) in [5, 5.41) is 14.6. The Morgan fingerprint density at radius 2 is 1.96 bits per heavy atom. The highest BCUT2D eigenvalue weighted by molar-refractivity contribution is 7.52. The average Bonchev–Trinajstić information content (AvgIpc) is 3.50. The zero-order valence-corrected chi connectivity index (χ0v) is 25.0. The highest BCUT2D eigenvalue weighted by Gasteiger charge is 2.63. The maximum atomic E-state index is 15.7. The number of benzene rings is 2. The molecule has 1 aliphatic rings. The molecule has 45 heavy (non-hydrogen) atoms. The van der Waals surface area contributed by atoms with Gasteiger partial charge in [0, 0.05) is 0 Å². The molecule has 242 valence electrons. The van der Waals surface area contributed by atoms with Crippen LogP contribution in [0.2, 0.25) is 0 Å². The summed E-state index contributed by atoms with van der Waals surface area (Å²) in [4.78, 5) is 34.6. The fraction of sp³-hybridized carbons (Fsp3) is 0.407. The zero-order valence-electron chi connectivity index (χ0n) is 24.1. The first-order valence-corrected chi connectivity index (χ1v) is 15.2. The topological polar surface area (TPSA) is 193 Å². The van der Waals surface area contributed by atoms with Crippen molar-refractivity contribution in [2.75, 3.05) is 12.3 Å². The van der Waals surface area contributed by atoms with E-state index in [1.807, 2.05) is 6.07 Å². The lowest BCUT2D eigenvalue weighted by atomic mass is 9.98. The van der Waals surface area contributed by atoms with Crippen molar-refractivity contribution in [3.63, 3.8) is 0 Å². The van der Waals surface area contributed by atoms with Gasteiger partial charge in [0.1, 0.15) is 17.9 Å². The summed E-state index contributed by atoms with van der Waals surface area (Å²) in [5.74, 6) is -1.24. The number of carbonyl (C=O) groups is 1.